The SMILES string of the molecule is CCSc1ccc(C(O)Cc2ccc(Cl)c(F)c2)cc1. The van der Waals surface area contributed by atoms with Gasteiger partial charge in [-0.2, -0.15) is 0 Å². The minimum atomic E-state index is -0.642. The van der Waals surface area contributed by atoms with Crippen LogP contribution in [0.4, 0.5) is 4.39 Å². The van der Waals surface area contributed by atoms with Gasteiger partial charge in [-0.05, 0) is 41.1 Å². The molecule has 0 aliphatic heterocycles. The lowest BCUT2D eigenvalue weighted by Crippen LogP contribution is -2.02. The molecule has 0 spiro atoms. The molecule has 0 saturated heterocycles. The van der Waals surface area contributed by atoms with E-state index in [0.29, 0.717) is 6.42 Å². The van der Waals surface area contributed by atoms with Crippen molar-refractivity contribution in [2.45, 2.75) is 24.3 Å². The largest absolute Gasteiger partial charge is 0.388 e. The summed E-state index contributed by atoms with van der Waals surface area (Å²) in [6.07, 6.45) is -0.273. The fourth-order valence-electron chi connectivity index (χ4n) is 1.96. The van der Waals surface area contributed by atoms with Crippen LogP contribution in [0, 0.1) is 5.82 Å². The molecule has 0 heterocycles. The van der Waals surface area contributed by atoms with Gasteiger partial charge in [0.05, 0.1) is 11.1 Å². The molecule has 2 rings (SSSR count). The van der Waals surface area contributed by atoms with Gasteiger partial charge >= 0.3 is 0 Å². The summed E-state index contributed by atoms with van der Waals surface area (Å²) in [5.74, 6) is 0.567. The first-order valence-corrected chi connectivity index (χ1v) is 7.81. The first-order chi connectivity index (χ1) is 9.60. The number of aliphatic hydroxyl groups is 1. The third-order valence-electron chi connectivity index (χ3n) is 2.99. The van der Waals surface area contributed by atoms with Crippen LogP contribution in [0.3, 0.4) is 0 Å². The van der Waals surface area contributed by atoms with Gasteiger partial charge in [-0.25, -0.2) is 4.39 Å². The molecule has 0 aromatic heterocycles. The molecule has 4 heteroatoms. The second kappa shape index (κ2) is 7.11. The Hall–Kier alpha value is -1.03. The molecule has 0 amide bonds. The standard InChI is InChI=1S/C16H16ClFOS/c1-2-20-13-6-4-12(5-7-13)16(19)10-11-3-8-14(17)15(18)9-11/h3-9,16,19H,2,10H2,1H3. The zero-order valence-corrected chi connectivity index (χ0v) is 12.7. The average Bonchev–Trinajstić information content (AvgIpc) is 2.44. The Morgan fingerprint density at radius 1 is 1.20 bits per heavy atom. The fourth-order valence-corrected chi connectivity index (χ4v) is 2.74. The summed E-state index contributed by atoms with van der Waals surface area (Å²) in [5, 5.41) is 10.3. The minimum Gasteiger partial charge on any atom is -0.388 e. The van der Waals surface area contributed by atoms with Crippen molar-refractivity contribution in [3.63, 3.8) is 0 Å². The van der Waals surface area contributed by atoms with Gasteiger partial charge in [0.25, 0.3) is 0 Å². The number of hydrogen-bond acceptors (Lipinski definition) is 2. The van der Waals surface area contributed by atoms with Crippen LogP contribution in [0.1, 0.15) is 24.2 Å². The Morgan fingerprint density at radius 2 is 1.90 bits per heavy atom. The summed E-state index contributed by atoms with van der Waals surface area (Å²) in [6.45, 7) is 2.10. The molecule has 0 aliphatic rings. The minimum absolute atomic E-state index is 0.101. The normalized spacial score (nSPS) is 12.4. The van der Waals surface area contributed by atoms with Gasteiger partial charge in [0.15, 0.2) is 0 Å². The summed E-state index contributed by atoms with van der Waals surface area (Å²) < 4.78 is 13.4. The Bertz CT molecular complexity index is 571. The van der Waals surface area contributed by atoms with Gasteiger partial charge in [-0.1, -0.05) is 36.7 Å². The third kappa shape index (κ3) is 3.98. The van der Waals surface area contributed by atoms with Crippen molar-refractivity contribution in [3.8, 4) is 0 Å². The summed E-state index contributed by atoms with van der Waals surface area (Å²) >= 11 is 7.40. The Kier molecular flexibility index (Phi) is 5.46. The van der Waals surface area contributed by atoms with E-state index in [1.165, 1.54) is 17.0 Å². The summed E-state index contributed by atoms with van der Waals surface area (Å²) in [6, 6.07) is 12.4. The smallest absolute Gasteiger partial charge is 0.142 e. The number of rotatable bonds is 5. The van der Waals surface area contributed by atoms with E-state index < -0.39 is 11.9 Å². The van der Waals surface area contributed by atoms with Gasteiger partial charge in [-0.3, -0.25) is 0 Å². The molecule has 20 heavy (non-hydrogen) atoms. The first-order valence-electron chi connectivity index (χ1n) is 6.45. The highest BCUT2D eigenvalue weighted by Gasteiger charge is 2.10. The molecule has 0 radical (unpaired) electrons. The number of halogens is 2. The monoisotopic (exact) mass is 310 g/mol. The molecular formula is C16H16ClFOS. The van der Waals surface area contributed by atoms with Crippen molar-refractivity contribution in [2.24, 2.45) is 0 Å². The molecule has 0 fully saturated rings. The van der Waals surface area contributed by atoms with E-state index in [1.54, 1.807) is 17.8 Å². The second-order valence-corrected chi connectivity index (χ2v) is 6.22. The maximum absolute atomic E-state index is 13.4. The number of thioether (sulfide) groups is 1. The molecule has 1 nitrogen and oxygen atoms in total. The second-order valence-electron chi connectivity index (χ2n) is 4.47. The number of benzene rings is 2. The van der Waals surface area contributed by atoms with Gasteiger partial charge < -0.3 is 5.11 Å². The van der Waals surface area contributed by atoms with Crippen molar-refractivity contribution < 1.29 is 9.50 Å². The number of hydrogen-bond donors (Lipinski definition) is 1. The van der Waals surface area contributed by atoms with Crippen LogP contribution in [0.5, 0.6) is 0 Å². The maximum atomic E-state index is 13.4. The molecular weight excluding hydrogens is 295 g/mol. The van der Waals surface area contributed by atoms with E-state index in [9.17, 15) is 9.50 Å². The Labute approximate surface area is 127 Å². The lowest BCUT2D eigenvalue weighted by Gasteiger charge is -2.12. The third-order valence-corrected chi connectivity index (χ3v) is 4.19. The lowest BCUT2D eigenvalue weighted by molar-refractivity contribution is 0.178. The van der Waals surface area contributed by atoms with E-state index in [4.69, 9.17) is 11.6 Å². The van der Waals surface area contributed by atoms with Crippen LogP contribution in [-0.2, 0) is 6.42 Å². The highest BCUT2D eigenvalue weighted by molar-refractivity contribution is 7.99. The number of aliphatic hydroxyl groups excluding tert-OH is 1. The van der Waals surface area contributed by atoms with Crippen LogP contribution in [0.2, 0.25) is 5.02 Å². The molecule has 1 unspecified atom stereocenters. The Morgan fingerprint density at radius 3 is 2.50 bits per heavy atom. The predicted molar refractivity (Wildman–Crippen MR) is 82.9 cm³/mol. The van der Waals surface area contributed by atoms with Crippen molar-refractivity contribution in [3.05, 3.63) is 64.4 Å². The molecule has 0 aliphatic carbocycles. The average molecular weight is 311 g/mol. The van der Waals surface area contributed by atoms with Gasteiger partial charge in [0.2, 0.25) is 0 Å². The topological polar surface area (TPSA) is 20.2 Å². The molecule has 2 aromatic rings. The highest BCUT2D eigenvalue weighted by Crippen LogP contribution is 2.24. The van der Waals surface area contributed by atoms with E-state index >= 15 is 0 Å². The first kappa shape index (κ1) is 15.4. The zero-order valence-electron chi connectivity index (χ0n) is 11.1. The predicted octanol–water partition coefficient (Wildman–Crippen LogP) is 4.87. The van der Waals surface area contributed by atoms with Crippen LogP contribution in [-0.4, -0.2) is 10.9 Å². The van der Waals surface area contributed by atoms with E-state index in [1.807, 2.05) is 24.3 Å². The molecule has 1 N–H and O–H groups in total. The van der Waals surface area contributed by atoms with Crippen molar-refractivity contribution in [2.75, 3.05) is 5.75 Å². The quantitative estimate of drug-likeness (QED) is 0.795. The Balaban J connectivity index is 2.06. The molecule has 0 saturated carbocycles. The van der Waals surface area contributed by atoms with Crippen LogP contribution < -0.4 is 0 Å². The summed E-state index contributed by atoms with van der Waals surface area (Å²) in [5.41, 5.74) is 1.56. The lowest BCUT2D eigenvalue weighted by atomic mass is 10.0. The zero-order chi connectivity index (χ0) is 14.5. The molecule has 2 aromatic carbocycles. The molecule has 1 atom stereocenters. The van der Waals surface area contributed by atoms with E-state index in [0.717, 1.165) is 16.9 Å². The van der Waals surface area contributed by atoms with Gasteiger partial charge in [-0.15, -0.1) is 11.8 Å². The van der Waals surface area contributed by atoms with Crippen molar-refractivity contribution >= 4 is 23.4 Å². The fraction of sp³-hybridized carbons (Fsp3) is 0.250. The van der Waals surface area contributed by atoms with Crippen LogP contribution >= 0.6 is 23.4 Å². The molecule has 0 bridgehead atoms. The maximum Gasteiger partial charge on any atom is 0.142 e. The van der Waals surface area contributed by atoms with Gasteiger partial charge in [0, 0.05) is 11.3 Å². The molecule has 106 valence electrons. The van der Waals surface area contributed by atoms with Crippen molar-refractivity contribution in [1.82, 2.24) is 0 Å². The van der Waals surface area contributed by atoms with Crippen molar-refractivity contribution in [1.29, 1.82) is 0 Å². The summed E-state index contributed by atoms with van der Waals surface area (Å²) in [7, 11) is 0. The van der Waals surface area contributed by atoms with Gasteiger partial charge in [0.1, 0.15) is 5.82 Å². The van der Waals surface area contributed by atoms with E-state index in [-0.39, 0.29) is 5.02 Å². The highest BCUT2D eigenvalue weighted by atomic mass is 35.5. The van der Waals surface area contributed by atoms with E-state index in [2.05, 4.69) is 6.92 Å². The van der Waals surface area contributed by atoms with Crippen LogP contribution in [0.25, 0.3) is 0 Å². The van der Waals surface area contributed by atoms with Crippen LogP contribution in [0.15, 0.2) is 47.4 Å². The summed E-state index contributed by atoms with van der Waals surface area (Å²) in [4.78, 5) is 1.18.